The van der Waals surface area contributed by atoms with Crippen LogP contribution >= 0.6 is 0 Å². The molecule has 0 atom stereocenters. The van der Waals surface area contributed by atoms with Crippen molar-refractivity contribution < 1.29 is 9.84 Å². The topological polar surface area (TPSA) is 42.4 Å². The van der Waals surface area contributed by atoms with E-state index in [2.05, 4.69) is 16.8 Å². The fourth-order valence-corrected chi connectivity index (χ4v) is 0.740. The molecule has 0 aliphatic heterocycles. The quantitative estimate of drug-likeness (QED) is 0.610. The molecule has 0 radical (unpaired) electrons. The first-order valence-electron chi connectivity index (χ1n) is 3.46. The van der Waals surface area contributed by atoms with Crippen LogP contribution < -0.4 is 4.74 Å². The molecule has 1 N–H and O–H groups in total. The smallest absolute Gasteiger partial charge is 0.214 e. The fraction of sp³-hybridized carbons (Fsp3) is 0.222. The number of pyridine rings is 1. The zero-order chi connectivity index (χ0) is 8.81. The van der Waals surface area contributed by atoms with Crippen LogP contribution in [-0.4, -0.2) is 23.8 Å². The number of aromatic nitrogens is 1. The Labute approximate surface area is 71.0 Å². The normalized spacial score (nSPS) is 8.50. The molecular weight excluding hydrogens is 154 g/mol. The van der Waals surface area contributed by atoms with Crippen LogP contribution in [0.25, 0.3) is 0 Å². The minimum Gasteiger partial charge on any atom is -0.481 e. The molecule has 0 aliphatic rings. The highest BCUT2D eigenvalue weighted by atomic mass is 16.5. The summed E-state index contributed by atoms with van der Waals surface area (Å²) in [6.45, 7) is -0.134. The van der Waals surface area contributed by atoms with E-state index >= 15 is 0 Å². The second kappa shape index (κ2) is 4.37. The van der Waals surface area contributed by atoms with E-state index in [-0.39, 0.29) is 6.61 Å². The third-order valence-corrected chi connectivity index (χ3v) is 1.26. The zero-order valence-electron chi connectivity index (χ0n) is 6.74. The fourth-order valence-electron chi connectivity index (χ4n) is 0.740. The minimum atomic E-state index is -0.134. The third-order valence-electron chi connectivity index (χ3n) is 1.26. The molecule has 0 fully saturated rings. The number of rotatable bonds is 1. The van der Waals surface area contributed by atoms with Crippen molar-refractivity contribution in [1.29, 1.82) is 0 Å². The lowest BCUT2D eigenvalue weighted by molar-refractivity contribution is 0.350. The predicted octanol–water partition coefficient (Wildman–Crippen LogP) is 0.434. The number of ether oxygens (including phenoxy) is 1. The number of aliphatic hydroxyl groups is 1. The summed E-state index contributed by atoms with van der Waals surface area (Å²) >= 11 is 0. The highest BCUT2D eigenvalue weighted by molar-refractivity contribution is 5.35. The molecular formula is C9H9NO2. The minimum absolute atomic E-state index is 0.134. The lowest BCUT2D eigenvalue weighted by Gasteiger charge is -1.96. The summed E-state index contributed by atoms with van der Waals surface area (Å²) < 4.78 is 4.89. The first-order valence-corrected chi connectivity index (χ1v) is 3.46. The lowest BCUT2D eigenvalue weighted by Crippen LogP contribution is -1.87. The Balaban J connectivity index is 2.86. The van der Waals surface area contributed by atoms with Crippen molar-refractivity contribution in [2.75, 3.05) is 13.7 Å². The largest absolute Gasteiger partial charge is 0.481 e. The van der Waals surface area contributed by atoms with Gasteiger partial charge in [0.25, 0.3) is 0 Å². The molecule has 0 saturated carbocycles. The van der Waals surface area contributed by atoms with Crippen molar-refractivity contribution in [3.63, 3.8) is 0 Å². The number of aliphatic hydroxyl groups excluding tert-OH is 1. The zero-order valence-corrected chi connectivity index (χ0v) is 6.74. The lowest BCUT2D eigenvalue weighted by atomic mass is 10.3. The maximum atomic E-state index is 8.43. The highest BCUT2D eigenvalue weighted by Gasteiger charge is 1.91. The van der Waals surface area contributed by atoms with Crippen LogP contribution in [0.15, 0.2) is 18.3 Å². The Morgan fingerprint density at radius 3 is 3.17 bits per heavy atom. The Bertz CT molecular complexity index is 312. The van der Waals surface area contributed by atoms with Crippen molar-refractivity contribution in [3.8, 4) is 17.7 Å². The van der Waals surface area contributed by atoms with Gasteiger partial charge in [-0.3, -0.25) is 0 Å². The van der Waals surface area contributed by atoms with Crippen molar-refractivity contribution >= 4 is 0 Å². The molecule has 1 aromatic heterocycles. The second-order valence-corrected chi connectivity index (χ2v) is 2.05. The van der Waals surface area contributed by atoms with Gasteiger partial charge in [-0.05, 0) is 6.07 Å². The van der Waals surface area contributed by atoms with Gasteiger partial charge >= 0.3 is 0 Å². The Kier molecular flexibility index (Phi) is 3.12. The summed E-state index contributed by atoms with van der Waals surface area (Å²) in [4.78, 5) is 3.91. The van der Waals surface area contributed by atoms with Gasteiger partial charge in [0.1, 0.15) is 6.61 Å². The van der Waals surface area contributed by atoms with Gasteiger partial charge in [0.2, 0.25) is 5.88 Å². The number of nitrogens with zero attached hydrogens (tertiary/aromatic N) is 1. The molecule has 3 nitrogen and oxygen atoms in total. The Hall–Kier alpha value is -1.53. The number of hydrogen-bond acceptors (Lipinski definition) is 3. The molecule has 0 spiro atoms. The van der Waals surface area contributed by atoms with E-state index in [0.717, 1.165) is 5.56 Å². The summed E-state index contributed by atoms with van der Waals surface area (Å²) in [7, 11) is 1.55. The van der Waals surface area contributed by atoms with Gasteiger partial charge in [0, 0.05) is 17.8 Å². The highest BCUT2D eigenvalue weighted by Crippen LogP contribution is 2.06. The molecule has 0 unspecified atom stereocenters. The Morgan fingerprint density at radius 2 is 2.50 bits per heavy atom. The number of methoxy groups -OCH3 is 1. The van der Waals surface area contributed by atoms with Crippen LogP contribution in [0.2, 0.25) is 0 Å². The molecule has 0 bridgehead atoms. The van der Waals surface area contributed by atoms with E-state index in [1.807, 2.05) is 0 Å². The molecule has 0 aromatic carbocycles. The molecule has 1 aromatic rings. The summed E-state index contributed by atoms with van der Waals surface area (Å²) in [6.07, 6.45) is 1.61. The van der Waals surface area contributed by atoms with Crippen LogP contribution in [0.1, 0.15) is 5.56 Å². The average molecular weight is 163 g/mol. The van der Waals surface area contributed by atoms with Gasteiger partial charge in [-0.1, -0.05) is 11.8 Å². The summed E-state index contributed by atoms with van der Waals surface area (Å²) in [6, 6.07) is 3.47. The van der Waals surface area contributed by atoms with Gasteiger partial charge < -0.3 is 9.84 Å². The molecule has 0 saturated heterocycles. The summed E-state index contributed by atoms with van der Waals surface area (Å²) in [5, 5.41) is 8.43. The van der Waals surface area contributed by atoms with E-state index in [4.69, 9.17) is 9.84 Å². The maximum absolute atomic E-state index is 8.43. The SMILES string of the molecule is COc1cc(C#CCO)ccn1. The van der Waals surface area contributed by atoms with Crippen LogP contribution in [-0.2, 0) is 0 Å². The van der Waals surface area contributed by atoms with Crippen LogP contribution in [0.5, 0.6) is 5.88 Å². The molecule has 0 aliphatic carbocycles. The van der Waals surface area contributed by atoms with Gasteiger partial charge in [0.05, 0.1) is 7.11 Å². The van der Waals surface area contributed by atoms with Gasteiger partial charge in [-0.2, -0.15) is 0 Å². The molecule has 1 heterocycles. The molecule has 12 heavy (non-hydrogen) atoms. The van der Waals surface area contributed by atoms with E-state index in [9.17, 15) is 0 Å². The predicted molar refractivity (Wildman–Crippen MR) is 44.8 cm³/mol. The molecule has 0 amide bonds. The van der Waals surface area contributed by atoms with E-state index < -0.39 is 0 Å². The van der Waals surface area contributed by atoms with Crippen LogP contribution in [0, 0.1) is 11.8 Å². The first kappa shape index (κ1) is 8.57. The maximum Gasteiger partial charge on any atom is 0.214 e. The van der Waals surface area contributed by atoms with Gasteiger partial charge in [-0.25, -0.2) is 4.98 Å². The van der Waals surface area contributed by atoms with Crippen molar-refractivity contribution in [3.05, 3.63) is 23.9 Å². The Morgan fingerprint density at radius 1 is 1.67 bits per heavy atom. The average Bonchev–Trinajstić information content (AvgIpc) is 2.15. The van der Waals surface area contributed by atoms with Crippen LogP contribution in [0.3, 0.4) is 0 Å². The second-order valence-electron chi connectivity index (χ2n) is 2.05. The van der Waals surface area contributed by atoms with E-state index in [1.54, 1.807) is 25.4 Å². The standard InChI is InChI=1S/C9H9NO2/c1-12-9-7-8(3-2-6-11)4-5-10-9/h4-5,7,11H,6H2,1H3. The van der Waals surface area contributed by atoms with E-state index in [0.29, 0.717) is 5.88 Å². The monoisotopic (exact) mass is 163 g/mol. The van der Waals surface area contributed by atoms with E-state index in [1.165, 1.54) is 0 Å². The van der Waals surface area contributed by atoms with Crippen molar-refractivity contribution in [2.24, 2.45) is 0 Å². The van der Waals surface area contributed by atoms with Crippen LogP contribution in [0.4, 0.5) is 0 Å². The van der Waals surface area contributed by atoms with Gasteiger partial charge in [-0.15, -0.1) is 0 Å². The van der Waals surface area contributed by atoms with Gasteiger partial charge in [0.15, 0.2) is 0 Å². The number of hydrogen-bond donors (Lipinski definition) is 1. The third kappa shape index (κ3) is 2.26. The summed E-state index contributed by atoms with van der Waals surface area (Å²) in [5.41, 5.74) is 0.788. The van der Waals surface area contributed by atoms with Crippen molar-refractivity contribution in [1.82, 2.24) is 4.98 Å². The first-order chi connectivity index (χ1) is 5.86. The van der Waals surface area contributed by atoms with Crippen molar-refractivity contribution in [2.45, 2.75) is 0 Å². The molecule has 3 heteroatoms. The summed E-state index contributed by atoms with van der Waals surface area (Å²) in [5.74, 6) is 5.81. The molecule has 1 rings (SSSR count). The molecule has 62 valence electrons.